The molecule has 2 aromatic heterocycles. The summed E-state index contributed by atoms with van der Waals surface area (Å²) >= 11 is 19.1. The lowest BCUT2D eigenvalue weighted by Gasteiger charge is -2.06. The first-order valence-corrected chi connectivity index (χ1v) is 7.56. The lowest BCUT2D eigenvalue weighted by atomic mass is 10.1. The molecule has 0 spiro atoms. The van der Waals surface area contributed by atoms with Crippen molar-refractivity contribution in [3.63, 3.8) is 0 Å². The highest BCUT2D eigenvalue weighted by atomic mass is 35.5. The predicted octanol–water partition coefficient (Wildman–Crippen LogP) is 5.65. The van der Waals surface area contributed by atoms with Crippen LogP contribution in [0.1, 0.15) is 10.4 Å². The van der Waals surface area contributed by atoms with E-state index in [9.17, 15) is 4.79 Å². The summed E-state index contributed by atoms with van der Waals surface area (Å²) in [6.45, 7) is 0. The monoisotopic (exact) mass is 341 g/mol. The van der Waals surface area contributed by atoms with E-state index in [1.165, 1.54) is 11.3 Å². The predicted molar refractivity (Wildman–Crippen MR) is 85.3 cm³/mol. The molecule has 1 aromatic carbocycles. The van der Waals surface area contributed by atoms with Gasteiger partial charge in [-0.3, -0.25) is 4.79 Å². The van der Waals surface area contributed by atoms with Crippen LogP contribution in [-0.4, -0.2) is 10.2 Å². The lowest BCUT2D eigenvalue weighted by Crippen LogP contribution is -1.95. The fourth-order valence-corrected chi connectivity index (χ4v) is 3.33. The molecule has 0 N–H and O–H groups in total. The maximum absolute atomic E-state index is 11.6. The standard InChI is InChI=1S/C14H6Cl3NOS/c15-9-3-1-2-7-8(14(17)19)6-10(18-13(7)9)11-4-5-12(16)20-11/h1-6H. The van der Waals surface area contributed by atoms with Crippen molar-refractivity contribution in [1.29, 1.82) is 0 Å². The smallest absolute Gasteiger partial charge is 0.253 e. The van der Waals surface area contributed by atoms with Gasteiger partial charge in [-0.1, -0.05) is 35.3 Å². The third-order valence-corrected chi connectivity index (χ3v) is 4.59. The number of fused-ring (bicyclic) bond motifs is 1. The van der Waals surface area contributed by atoms with E-state index in [-0.39, 0.29) is 0 Å². The summed E-state index contributed by atoms with van der Waals surface area (Å²) in [7, 11) is 0. The van der Waals surface area contributed by atoms with Gasteiger partial charge in [0.1, 0.15) is 0 Å². The molecule has 0 aliphatic rings. The largest absolute Gasteiger partial charge is 0.276 e. The Labute approximate surface area is 133 Å². The van der Waals surface area contributed by atoms with Gasteiger partial charge in [0.25, 0.3) is 5.24 Å². The van der Waals surface area contributed by atoms with Crippen LogP contribution >= 0.6 is 46.1 Å². The summed E-state index contributed by atoms with van der Waals surface area (Å²) in [5.41, 5.74) is 1.57. The van der Waals surface area contributed by atoms with E-state index in [0.717, 1.165) is 4.88 Å². The van der Waals surface area contributed by atoms with Crippen molar-refractivity contribution in [2.75, 3.05) is 0 Å². The molecule has 0 unspecified atom stereocenters. The van der Waals surface area contributed by atoms with Crippen LogP contribution in [0.2, 0.25) is 9.36 Å². The van der Waals surface area contributed by atoms with E-state index < -0.39 is 5.24 Å². The number of para-hydroxylation sites is 1. The number of aromatic nitrogens is 1. The van der Waals surface area contributed by atoms with Crippen LogP contribution in [0.4, 0.5) is 0 Å². The summed E-state index contributed by atoms with van der Waals surface area (Å²) < 4.78 is 0.653. The molecule has 0 bridgehead atoms. The van der Waals surface area contributed by atoms with Gasteiger partial charge in [0, 0.05) is 10.9 Å². The van der Waals surface area contributed by atoms with Crippen LogP contribution in [0.5, 0.6) is 0 Å². The van der Waals surface area contributed by atoms with Crippen LogP contribution in [0.15, 0.2) is 36.4 Å². The van der Waals surface area contributed by atoms with Gasteiger partial charge >= 0.3 is 0 Å². The minimum absolute atomic E-state index is 0.388. The molecule has 3 rings (SSSR count). The number of hydrogen-bond acceptors (Lipinski definition) is 3. The molecule has 0 amide bonds. The molecular formula is C14H6Cl3NOS. The molecule has 100 valence electrons. The van der Waals surface area contributed by atoms with Gasteiger partial charge in [-0.15, -0.1) is 11.3 Å². The van der Waals surface area contributed by atoms with Crippen LogP contribution < -0.4 is 0 Å². The van der Waals surface area contributed by atoms with Crippen molar-refractivity contribution in [2.45, 2.75) is 0 Å². The Bertz CT molecular complexity index is 828. The van der Waals surface area contributed by atoms with Gasteiger partial charge in [-0.05, 0) is 35.9 Å². The average Bonchev–Trinajstić information content (AvgIpc) is 2.85. The number of rotatable bonds is 2. The number of nitrogens with zero attached hydrogens (tertiary/aromatic N) is 1. The SMILES string of the molecule is O=C(Cl)c1cc(-c2ccc(Cl)s2)nc2c(Cl)cccc12. The number of pyridine rings is 1. The van der Waals surface area contributed by atoms with Crippen molar-refractivity contribution in [1.82, 2.24) is 4.98 Å². The number of carbonyl (C=O) groups is 1. The highest BCUT2D eigenvalue weighted by molar-refractivity contribution is 7.19. The fraction of sp³-hybridized carbons (Fsp3) is 0. The Kier molecular flexibility index (Phi) is 3.69. The Hall–Kier alpha value is -1.13. The van der Waals surface area contributed by atoms with Crippen LogP contribution in [0, 0.1) is 0 Å². The molecular weight excluding hydrogens is 337 g/mol. The first-order valence-electron chi connectivity index (χ1n) is 5.61. The van der Waals surface area contributed by atoms with E-state index in [2.05, 4.69) is 4.98 Å². The molecule has 3 aromatic rings. The summed E-state index contributed by atoms with van der Waals surface area (Å²) in [4.78, 5) is 17.0. The highest BCUT2D eigenvalue weighted by Gasteiger charge is 2.14. The first kappa shape index (κ1) is 13.8. The molecule has 0 atom stereocenters. The number of carbonyl (C=O) groups excluding carboxylic acids is 1. The van der Waals surface area contributed by atoms with Crippen molar-refractivity contribution < 1.29 is 4.79 Å². The Balaban J connectivity index is 2.35. The van der Waals surface area contributed by atoms with Gasteiger partial charge in [-0.25, -0.2) is 4.98 Å². The number of benzene rings is 1. The molecule has 2 nitrogen and oxygen atoms in total. The zero-order chi connectivity index (χ0) is 14.3. The molecule has 0 saturated heterocycles. The zero-order valence-electron chi connectivity index (χ0n) is 9.86. The van der Waals surface area contributed by atoms with Crippen molar-refractivity contribution in [3.8, 4) is 10.6 Å². The van der Waals surface area contributed by atoms with E-state index in [1.54, 1.807) is 30.3 Å². The maximum Gasteiger partial charge on any atom is 0.253 e. The summed E-state index contributed by atoms with van der Waals surface area (Å²) in [6.07, 6.45) is 0. The van der Waals surface area contributed by atoms with Crippen molar-refractivity contribution in [3.05, 3.63) is 51.3 Å². The van der Waals surface area contributed by atoms with E-state index >= 15 is 0 Å². The van der Waals surface area contributed by atoms with Gasteiger partial charge in [0.05, 0.1) is 25.4 Å². The summed E-state index contributed by atoms with van der Waals surface area (Å²) in [5.74, 6) is 0. The minimum atomic E-state index is -0.538. The molecule has 0 aliphatic heterocycles. The van der Waals surface area contributed by atoms with Gasteiger partial charge in [0.15, 0.2) is 0 Å². The van der Waals surface area contributed by atoms with Gasteiger partial charge < -0.3 is 0 Å². The second kappa shape index (κ2) is 5.34. The summed E-state index contributed by atoms with van der Waals surface area (Å²) in [5, 5.41) is 0.582. The van der Waals surface area contributed by atoms with Gasteiger partial charge in [-0.2, -0.15) is 0 Å². The van der Waals surface area contributed by atoms with Crippen LogP contribution in [0.3, 0.4) is 0 Å². The highest BCUT2D eigenvalue weighted by Crippen LogP contribution is 2.34. The molecule has 0 radical (unpaired) electrons. The molecule has 6 heteroatoms. The van der Waals surface area contributed by atoms with Crippen LogP contribution in [0.25, 0.3) is 21.5 Å². The third kappa shape index (κ3) is 2.42. The fourth-order valence-electron chi connectivity index (χ4n) is 1.95. The number of thiophene rings is 1. The molecule has 0 aliphatic carbocycles. The zero-order valence-corrected chi connectivity index (χ0v) is 12.9. The number of hydrogen-bond donors (Lipinski definition) is 0. The Morgan fingerprint density at radius 2 is 1.95 bits per heavy atom. The number of halogens is 3. The Morgan fingerprint density at radius 1 is 1.15 bits per heavy atom. The van der Waals surface area contributed by atoms with Crippen LogP contribution in [-0.2, 0) is 0 Å². The first-order chi connectivity index (χ1) is 9.56. The lowest BCUT2D eigenvalue weighted by molar-refractivity contribution is 0.108. The normalized spacial score (nSPS) is 10.9. The molecule has 0 fully saturated rings. The maximum atomic E-state index is 11.6. The van der Waals surface area contributed by atoms with E-state index in [1.807, 2.05) is 6.07 Å². The van der Waals surface area contributed by atoms with Gasteiger partial charge in [0.2, 0.25) is 0 Å². The Morgan fingerprint density at radius 3 is 2.60 bits per heavy atom. The molecule has 20 heavy (non-hydrogen) atoms. The summed E-state index contributed by atoms with van der Waals surface area (Å²) in [6, 6.07) is 10.6. The third-order valence-electron chi connectivity index (χ3n) is 2.83. The second-order valence-corrected chi connectivity index (χ2v) is 6.53. The second-order valence-electron chi connectivity index (χ2n) is 4.07. The average molecular weight is 343 g/mol. The quantitative estimate of drug-likeness (QED) is 0.563. The topological polar surface area (TPSA) is 30.0 Å². The minimum Gasteiger partial charge on any atom is -0.276 e. The van der Waals surface area contributed by atoms with Crippen molar-refractivity contribution >= 4 is 62.3 Å². The van der Waals surface area contributed by atoms with E-state index in [0.29, 0.717) is 31.5 Å². The van der Waals surface area contributed by atoms with Crippen molar-refractivity contribution in [2.24, 2.45) is 0 Å². The molecule has 2 heterocycles. The molecule has 0 saturated carbocycles. The van der Waals surface area contributed by atoms with E-state index in [4.69, 9.17) is 34.8 Å².